The summed E-state index contributed by atoms with van der Waals surface area (Å²) in [7, 11) is 1.65. The third-order valence-corrected chi connectivity index (χ3v) is 3.41. The number of pyridine rings is 1. The van der Waals surface area contributed by atoms with Crippen LogP contribution in [0.2, 0.25) is 0 Å². The Morgan fingerprint density at radius 2 is 2.05 bits per heavy atom. The highest BCUT2D eigenvalue weighted by Crippen LogP contribution is 2.19. The Labute approximate surface area is 124 Å². The quantitative estimate of drug-likeness (QED) is 0.866. The van der Waals surface area contributed by atoms with Gasteiger partial charge in [-0.05, 0) is 18.9 Å². The summed E-state index contributed by atoms with van der Waals surface area (Å²) >= 11 is 0. The lowest BCUT2D eigenvalue weighted by Crippen LogP contribution is -2.09. The van der Waals surface area contributed by atoms with Crippen LogP contribution in [-0.2, 0) is 11.2 Å². The zero-order chi connectivity index (χ0) is 14.7. The molecule has 2 aromatic rings. The molecule has 0 unspecified atom stereocenters. The van der Waals surface area contributed by atoms with E-state index in [0.29, 0.717) is 12.5 Å². The first-order chi connectivity index (χ1) is 10.2. The summed E-state index contributed by atoms with van der Waals surface area (Å²) < 4.78 is 11.0. The zero-order valence-electron chi connectivity index (χ0n) is 12.2. The molecule has 1 aromatic heterocycles. The van der Waals surface area contributed by atoms with Crippen molar-refractivity contribution in [3.63, 3.8) is 0 Å². The normalized spacial score (nSPS) is 17.2. The van der Waals surface area contributed by atoms with Gasteiger partial charge in [0.15, 0.2) is 0 Å². The first-order valence-corrected chi connectivity index (χ1v) is 7.02. The molecule has 0 saturated heterocycles. The summed E-state index contributed by atoms with van der Waals surface area (Å²) in [6.07, 6.45) is 0.882. The highest BCUT2D eigenvalue weighted by atomic mass is 16.5. The maximum absolute atomic E-state index is 5.71. The summed E-state index contributed by atoms with van der Waals surface area (Å²) in [5.74, 6) is 1.38. The minimum absolute atomic E-state index is 0.149. The molecule has 108 valence electrons. The Hall–Kier alpha value is -2.36. The van der Waals surface area contributed by atoms with E-state index in [4.69, 9.17) is 9.47 Å². The molecule has 0 spiro atoms. The van der Waals surface area contributed by atoms with Crippen LogP contribution in [0.15, 0.2) is 47.5 Å². The number of benzene rings is 1. The number of nitrogens with zero attached hydrogens (tertiary/aromatic N) is 2. The number of aliphatic imine (C=N–C) groups is 1. The van der Waals surface area contributed by atoms with Crippen LogP contribution in [0.3, 0.4) is 0 Å². The second-order valence-corrected chi connectivity index (χ2v) is 5.12. The van der Waals surface area contributed by atoms with Crippen molar-refractivity contribution in [1.29, 1.82) is 0 Å². The largest absolute Gasteiger partial charge is 0.497 e. The SMILES string of the molecule is COc1cc(C)nc(C2=N[C@@H](Cc3ccccc3)CO2)c1. The fourth-order valence-corrected chi connectivity index (χ4v) is 2.41. The van der Waals surface area contributed by atoms with Crippen LogP contribution < -0.4 is 4.74 Å². The predicted octanol–water partition coefficient (Wildman–Crippen LogP) is 2.79. The Morgan fingerprint density at radius 1 is 1.24 bits per heavy atom. The molecule has 0 N–H and O–H groups in total. The van der Waals surface area contributed by atoms with E-state index in [1.807, 2.05) is 37.3 Å². The van der Waals surface area contributed by atoms with Gasteiger partial charge >= 0.3 is 0 Å². The molecule has 0 saturated carbocycles. The van der Waals surface area contributed by atoms with Gasteiger partial charge in [0.2, 0.25) is 5.90 Å². The van der Waals surface area contributed by atoms with Crippen molar-refractivity contribution in [1.82, 2.24) is 4.98 Å². The molecule has 0 amide bonds. The molecule has 2 heterocycles. The second kappa shape index (κ2) is 5.95. The van der Waals surface area contributed by atoms with Crippen molar-refractivity contribution in [2.75, 3.05) is 13.7 Å². The molecular formula is C17H18N2O2. The lowest BCUT2D eigenvalue weighted by Gasteiger charge is -2.05. The molecule has 0 aliphatic carbocycles. The maximum Gasteiger partial charge on any atom is 0.235 e. The number of hydrogen-bond acceptors (Lipinski definition) is 4. The third kappa shape index (κ3) is 3.21. The van der Waals surface area contributed by atoms with Gasteiger partial charge in [0.25, 0.3) is 0 Å². The summed E-state index contributed by atoms with van der Waals surface area (Å²) in [5, 5.41) is 0. The van der Waals surface area contributed by atoms with Gasteiger partial charge in [0.05, 0.1) is 13.2 Å². The van der Waals surface area contributed by atoms with Crippen LogP contribution >= 0.6 is 0 Å². The summed E-state index contributed by atoms with van der Waals surface area (Å²) in [5.41, 5.74) is 2.90. The first kappa shape index (κ1) is 13.6. The molecule has 4 nitrogen and oxygen atoms in total. The summed E-state index contributed by atoms with van der Waals surface area (Å²) in [4.78, 5) is 9.12. The van der Waals surface area contributed by atoms with Crippen molar-refractivity contribution in [2.45, 2.75) is 19.4 Å². The molecule has 1 aliphatic heterocycles. The number of aromatic nitrogens is 1. The van der Waals surface area contributed by atoms with Crippen LogP contribution in [0.5, 0.6) is 5.75 Å². The van der Waals surface area contributed by atoms with Crippen molar-refractivity contribution in [3.05, 3.63) is 59.4 Å². The summed E-state index contributed by atoms with van der Waals surface area (Å²) in [6, 6.07) is 14.2. The van der Waals surface area contributed by atoms with E-state index in [9.17, 15) is 0 Å². The molecule has 0 radical (unpaired) electrons. The average molecular weight is 282 g/mol. The smallest absolute Gasteiger partial charge is 0.235 e. The van der Waals surface area contributed by atoms with Gasteiger partial charge in [-0.25, -0.2) is 9.98 Å². The lowest BCUT2D eigenvalue weighted by molar-refractivity contribution is 0.316. The number of ether oxygens (including phenoxy) is 2. The van der Waals surface area contributed by atoms with E-state index < -0.39 is 0 Å². The molecule has 1 aromatic carbocycles. The fraction of sp³-hybridized carbons (Fsp3) is 0.294. The van der Waals surface area contributed by atoms with Gasteiger partial charge in [0.1, 0.15) is 18.1 Å². The molecule has 21 heavy (non-hydrogen) atoms. The van der Waals surface area contributed by atoms with Crippen molar-refractivity contribution in [2.24, 2.45) is 4.99 Å². The van der Waals surface area contributed by atoms with E-state index >= 15 is 0 Å². The predicted molar refractivity (Wildman–Crippen MR) is 81.9 cm³/mol. The van der Waals surface area contributed by atoms with E-state index in [0.717, 1.165) is 23.6 Å². The minimum atomic E-state index is 0.149. The number of aryl methyl sites for hydroxylation is 1. The van der Waals surface area contributed by atoms with Gasteiger partial charge in [-0.15, -0.1) is 0 Å². The van der Waals surface area contributed by atoms with Gasteiger partial charge in [-0.1, -0.05) is 30.3 Å². The molecule has 1 aliphatic rings. The van der Waals surface area contributed by atoms with Crippen LogP contribution in [0.4, 0.5) is 0 Å². The average Bonchev–Trinajstić information content (AvgIpc) is 2.96. The first-order valence-electron chi connectivity index (χ1n) is 7.02. The van der Waals surface area contributed by atoms with E-state index in [2.05, 4.69) is 22.1 Å². The zero-order valence-corrected chi connectivity index (χ0v) is 12.2. The van der Waals surface area contributed by atoms with Crippen LogP contribution in [0.1, 0.15) is 17.0 Å². The van der Waals surface area contributed by atoms with Crippen LogP contribution in [0.25, 0.3) is 0 Å². The summed E-state index contributed by atoms with van der Waals surface area (Å²) in [6.45, 7) is 2.53. The van der Waals surface area contributed by atoms with Crippen molar-refractivity contribution in [3.8, 4) is 5.75 Å². The highest BCUT2D eigenvalue weighted by molar-refractivity contribution is 5.93. The highest BCUT2D eigenvalue weighted by Gasteiger charge is 2.22. The Balaban J connectivity index is 1.78. The van der Waals surface area contributed by atoms with E-state index in [1.54, 1.807) is 7.11 Å². The van der Waals surface area contributed by atoms with Gasteiger partial charge in [-0.3, -0.25) is 0 Å². The third-order valence-electron chi connectivity index (χ3n) is 3.41. The van der Waals surface area contributed by atoms with Crippen molar-refractivity contribution < 1.29 is 9.47 Å². The monoisotopic (exact) mass is 282 g/mol. The number of hydrogen-bond donors (Lipinski definition) is 0. The molecule has 0 fully saturated rings. The van der Waals surface area contributed by atoms with E-state index in [-0.39, 0.29) is 6.04 Å². The van der Waals surface area contributed by atoms with Crippen LogP contribution in [0, 0.1) is 6.92 Å². The Kier molecular flexibility index (Phi) is 3.86. The van der Waals surface area contributed by atoms with Gasteiger partial charge in [-0.2, -0.15) is 0 Å². The second-order valence-electron chi connectivity index (χ2n) is 5.12. The molecule has 3 rings (SSSR count). The van der Waals surface area contributed by atoms with Gasteiger partial charge in [0, 0.05) is 17.8 Å². The lowest BCUT2D eigenvalue weighted by atomic mass is 10.1. The maximum atomic E-state index is 5.71. The fourth-order valence-electron chi connectivity index (χ4n) is 2.41. The molecule has 0 bridgehead atoms. The number of rotatable bonds is 4. The molecular weight excluding hydrogens is 264 g/mol. The van der Waals surface area contributed by atoms with Crippen LogP contribution in [-0.4, -0.2) is 30.6 Å². The Morgan fingerprint density at radius 3 is 2.81 bits per heavy atom. The molecule has 4 heteroatoms. The minimum Gasteiger partial charge on any atom is -0.497 e. The number of methoxy groups -OCH3 is 1. The van der Waals surface area contributed by atoms with Crippen molar-refractivity contribution >= 4 is 5.90 Å². The Bertz CT molecular complexity index is 653. The van der Waals surface area contributed by atoms with Gasteiger partial charge < -0.3 is 9.47 Å². The van der Waals surface area contributed by atoms with E-state index in [1.165, 1.54) is 5.56 Å². The topological polar surface area (TPSA) is 43.7 Å². The molecule has 1 atom stereocenters. The standard InChI is InChI=1S/C17H18N2O2/c1-12-8-15(20-2)10-16(18-12)17-19-14(11-21-17)9-13-6-4-3-5-7-13/h3-8,10,14H,9,11H2,1-2H3/t14-/m0/s1.